The van der Waals surface area contributed by atoms with Gasteiger partial charge < -0.3 is 0 Å². The van der Waals surface area contributed by atoms with Crippen molar-refractivity contribution in [2.45, 2.75) is 0 Å². The van der Waals surface area contributed by atoms with E-state index < -0.39 is 21.1 Å². The second kappa shape index (κ2) is 7.92. The Morgan fingerprint density at radius 3 is 2.21 bits per heavy atom. The van der Waals surface area contributed by atoms with E-state index >= 15 is 0 Å². The van der Waals surface area contributed by atoms with E-state index in [1.165, 1.54) is 23.1 Å². The van der Waals surface area contributed by atoms with Crippen LogP contribution in [0.15, 0.2) is 89.8 Å². The SMILES string of the molecule is O=C1/C(=C\c2ccc(N3c4cccc[c]4[Sn][c]4ccccc43)[se]2)C(=O)c2cc3sccc3cc21. The number of hydrogen-bond acceptors (Lipinski definition) is 4. The molecule has 2 aliphatic rings. The van der Waals surface area contributed by atoms with Gasteiger partial charge in [0, 0.05) is 0 Å². The van der Waals surface area contributed by atoms with E-state index in [4.69, 9.17) is 0 Å². The van der Waals surface area contributed by atoms with Crippen molar-refractivity contribution in [3.05, 3.63) is 105 Å². The van der Waals surface area contributed by atoms with Gasteiger partial charge in [-0.2, -0.15) is 0 Å². The van der Waals surface area contributed by atoms with E-state index in [9.17, 15) is 9.59 Å². The standard InChI is InChI=1S/C28H15NO2SSe.Sn/c30-27-22-15-18-13-14-32-25(18)17-23(22)28(31)24(27)16-21-11-12-26(33-21)29(19-7-3-1-4-8-19)20-9-5-2-6-10-20;/h1-7,9,11-17H;/b24-16+;. The van der Waals surface area contributed by atoms with E-state index in [1.54, 1.807) is 11.3 Å². The summed E-state index contributed by atoms with van der Waals surface area (Å²) in [5, 5.41) is 3.01. The molecule has 0 unspecified atom stereocenters. The zero-order chi connectivity index (χ0) is 22.8. The van der Waals surface area contributed by atoms with Crippen LogP contribution in [0.5, 0.6) is 0 Å². The maximum atomic E-state index is 13.1. The number of nitrogens with zero attached hydrogens (tertiary/aromatic N) is 1. The molecule has 160 valence electrons. The van der Waals surface area contributed by atoms with Gasteiger partial charge in [0.15, 0.2) is 0 Å². The number of carbonyl (C=O) groups excluding carboxylic acids is 2. The van der Waals surface area contributed by atoms with Crippen molar-refractivity contribution in [1.29, 1.82) is 0 Å². The summed E-state index contributed by atoms with van der Waals surface area (Å²) in [4.78, 5) is 28.7. The van der Waals surface area contributed by atoms with E-state index in [0.717, 1.165) is 14.5 Å². The maximum absolute atomic E-state index is 13.1. The molecule has 0 saturated carbocycles. The number of carbonyl (C=O) groups is 2. The molecule has 3 aromatic carbocycles. The molecule has 34 heavy (non-hydrogen) atoms. The Balaban J connectivity index is 1.30. The summed E-state index contributed by atoms with van der Waals surface area (Å²) in [5.41, 5.74) is 3.93. The molecule has 7 rings (SSSR count). The molecule has 0 amide bonds. The first-order valence-electron chi connectivity index (χ1n) is 10.8. The number of para-hydroxylation sites is 2. The second-order valence-electron chi connectivity index (χ2n) is 8.24. The molecule has 1 aliphatic heterocycles. The minimum absolute atomic E-state index is 0.00865. The quantitative estimate of drug-likeness (QED) is 0.157. The van der Waals surface area contributed by atoms with Gasteiger partial charge in [0.2, 0.25) is 0 Å². The fourth-order valence-electron chi connectivity index (χ4n) is 4.65. The molecule has 3 nitrogen and oxygen atoms in total. The van der Waals surface area contributed by atoms with Crippen LogP contribution in [0.4, 0.5) is 15.9 Å². The van der Waals surface area contributed by atoms with Gasteiger partial charge in [0.25, 0.3) is 0 Å². The van der Waals surface area contributed by atoms with Gasteiger partial charge in [0.1, 0.15) is 0 Å². The summed E-state index contributed by atoms with van der Waals surface area (Å²) in [5.74, 6) is -0.305. The van der Waals surface area contributed by atoms with E-state index in [-0.39, 0.29) is 26.1 Å². The molecule has 0 fully saturated rings. The number of hydrogen-bond donors (Lipinski definition) is 0. The molecule has 0 atom stereocenters. The molecule has 6 heteroatoms. The molecule has 0 N–H and O–H groups in total. The Kier molecular flexibility index (Phi) is 4.81. The van der Waals surface area contributed by atoms with Gasteiger partial charge in [-0.3, -0.25) is 0 Å². The third-order valence-corrected chi connectivity index (χ3v) is 13.2. The van der Waals surface area contributed by atoms with E-state index in [1.807, 2.05) is 29.7 Å². The predicted octanol–water partition coefficient (Wildman–Crippen LogP) is 4.86. The van der Waals surface area contributed by atoms with E-state index in [0.29, 0.717) is 16.7 Å². The first-order valence-corrected chi connectivity index (χ1v) is 16.3. The molecule has 0 spiro atoms. The van der Waals surface area contributed by atoms with Gasteiger partial charge in [-0.05, 0) is 0 Å². The number of Topliss-reactive ketones (excluding diaryl/α,β-unsaturated/α-hetero) is 2. The van der Waals surface area contributed by atoms with Gasteiger partial charge in [-0.25, -0.2) is 0 Å². The van der Waals surface area contributed by atoms with Gasteiger partial charge in [-0.15, -0.1) is 0 Å². The van der Waals surface area contributed by atoms with Crippen LogP contribution in [0.1, 0.15) is 25.2 Å². The zero-order valence-electron chi connectivity index (χ0n) is 17.7. The van der Waals surface area contributed by atoms with E-state index in [2.05, 4.69) is 65.6 Å². The van der Waals surface area contributed by atoms with Crippen molar-refractivity contribution in [3.63, 3.8) is 0 Å². The summed E-state index contributed by atoms with van der Waals surface area (Å²) in [7, 11) is 0. The number of rotatable bonds is 2. The fraction of sp³-hybridized carbons (Fsp3) is 0. The van der Waals surface area contributed by atoms with Crippen LogP contribution >= 0.6 is 11.3 Å². The number of thiophene rings is 1. The van der Waals surface area contributed by atoms with Crippen molar-refractivity contribution in [2.24, 2.45) is 0 Å². The molecular weight excluding hydrogens is 612 g/mol. The normalized spacial score (nSPS) is 15.6. The summed E-state index contributed by atoms with van der Waals surface area (Å²) < 4.78 is 6.28. The van der Waals surface area contributed by atoms with Crippen LogP contribution in [-0.4, -0.2) is 47.2 Å². The summed E-state index contributed by atoms with van der Waals surface area (Å²) in [6.45, 7) is 0. The third kappa shape index (κ3) is 3.15. The molecule has 1 aliphatic carbocycles. The minimum atomic E-state index is -0.842. The molecule has 2 aromatic heterocycles. The topological polar surface area (TPSA) is 37.4 Å². The Morgan fingerprint density at radius 1 is 0.794 bits per heavy atom. The van der Waals surface area contributed by atoms with Gasteiger partial charge in [-0.1, -0.05) is 0 Å². The van der Waals surface area contributed by atoms with Crippen molar-refractivity contribution >= 4 is 97.8 Å². The van der Waals surface area contributed by atoms with Crippen LogP contribution in [0.2, 0.25) is 0 Å². The number of fused-ring (bicyclic) bond motifs is 4. The van der Waals surface area contributed by atoms with Crippen LogP contribution in [-0.2, 0) is 0 Å². The molecule has 3 heterocycles. The molecule has 0 bridgehead atoms. The van der Waals surface area contributed by atoms with Crippen molar-refractivity contribution < 1.29 is 9.59 Å². The number of ketones is 2. The number of anilines is 3. The Labute approximate surface area is 216 Å². The average Bonchev–Trinajstić information content (AvgIpc) is 3.57. The zero-order valence-corrected chi connectivity index (χ0v) is 23.1. The predicted molar refractivity (Wildman–Crippen MR) is 142 cm³/mol. The number of allylic oxidation sites excluding steroid dienone is 1. The second-order valence-corrected chi connectivity index (χ2v) is 15.3. The Bertz CT molecular complexity index is 1600. The van der Waals surface area contributed by atoms with Crippen LogP contribution in [0.25, 0.3) is 16.2 Å². The van der Waals surface area contributed by atoms with Crippen molar-refractivity contribution in [2.75, 3.05) is 4.90 Å². The average molecular weight is 627 g/mol. The first kappa shape index (κ1) is 20.7. The summed E-state index contributed by atoms with van der Waals surface area (Å²) in [6, 6.07) is 27.4. The Hall–Kier alpha value is -2.70. The summed E-state index contributed by atoms with van der Waals surface area (Å²) in [6.07, 6.45) is 1.83. The van der Waals surface area contributed by atoms with Crippen LogP contribution in [0, 0.1) is 0 Å². The van der Waals surface area contributed by atoms with Gasteiger partial charge >= 0.3 is 218 Å². The van der Waals surface area contributed by atoms with Crippen molar-refractivity contribution in [1.82, 2.24) is 0 Å². The first-order chi connectivity index (χ1) is 16.7. The molecule has 0 saturated heterocycles. The molecule has 5 aromatic rings. The Morgan fingerprint density at radius 2 is 1.47 bits per heavy atom. The third-order valence-electron chi connectivity index (χ3n) is 6.25. The molecule has 2 radical (unpaired) electrons. The fourth-order valence-corrected chi connectivity index (χ4v) is 11.2. The molecular formula is C28H15NO2SSeSn. The van der Waals surface area contributed by atoms with Gasteiger partial charge in [0.05, 0.1) is 0 Å². The van der Waals surface area contributed by atoms with Crippen molar-refractivity contribution in [3.8, 4) is 0 Å². The van der Waals surface area contributed by atoms with Crippen LogP contribution in [0.3, 0.4) is 0 Å². The monoisotopic (exact) mass is 629 g/mol. The summed E-state index contributed by atoms with van der Waals surface area (Å²) >= 11 is 0.744. The number of benzene rings is 3. The van der Waals surface area contributed by atoms with Crippen LogP contribution < -0.4 is 12.1 Å².